The second kappa shape index (κ2) is 4.98. The van der Waals surface area contributed by atoms with Gasteiger partial charge < -0.3 is 10.6 Å². The fraction of sp³-hybridized carbons (Fsp3) is 0.312. The van der Waals surface area contributed by atoms with Crippen molar-refractivity contribution in [1.82, 2.24) is 19.7 Å². The lowest BCUT2D eigenvalue weighted by molar-refractivity contribution is 0.737. The lowest BCUT2D eigenvalue weighted by atomic mass is 10.0. The summed E-state index contributed by atoms with van der Waals surface area (Å²) in [6.07, 6.45) is 3.89. The molecule has 0 spiro atoms. The van der Waals surface area contributed by atoms with Crippen molar-refractivity contribution in [2.24, 2.45) is 7.05 Å². The van der Waals surface area contributed by atoms with Gasteiger partial charge in [-0.25, -0.2) is 0 Å². The van der Waals surface area contributed by atoms with Crippen molar-refractivity contribution in [1.29, 1.82) is 0 Å². The molecule has 0 fully saturated rings. The highest BCUT2D eigenvalue weighted by molar-refractivity contribution is 5.86. The third-order valence-corrected chi connectivity index (χ3v) is 4.25. The standard InChI is InChI=1S/C16H18N6/c1-21-15-13(9-18-21)14(17)19-16(20-15)22-8-4-7-11-5-2-3-6-12(11)10-22/h2-3,5-6,9H,4,7-8,10H2,1H3,(H2,17,19,20). The molecule has 22 heavy (non-hydrogen) atoms. The number of benzene rings is 1. The van der Waals surface area contributed by atoms with Crippen LogP contribution in [0.25, 0.3) is 11.0 Å². The molecular formula is C16H18N6. The average molecular weight is 294 g/mol. The Morgan fingerprint density at radius 3 is 2.82 bits per heavy atom. The molecule has 1 aromatic carbocycles. The summed E-state index contributed by atoms with van der Waals surface area (Å²) >= 11 is 0. The summed E-state index contributed by atoms with van der Waals surface area (Å²) in [5.41, 5.74) is 9.61. The van der Waals surface area contributed by atoms with Crippen molar-refractivity contribution in [3.05, 3.63) is 41.6 Å². The SMILES string of the molecule is Cn1ncc2c(N)nc(N3CCCc4ccccc4C3)nc21. The first-order valence-corrected chi connectivity index (χ1v) is 7.49. The molecule has 1 aliphatic heterocycles. The van der Waals surface area contributed by atoms with Gasteiger partial charge in [0.2, 0.25) is 5.95 Å². The van der Waals surface area contributed by atoms with Crippen molar-refractivity contribution in [2.45, 2.75) is 19.4 Å². The topological polar surface area (TPSA) is 72.9 Å². The van der Waals surface area contributed by atoms with Crippen LogP contribution in [0.2, 0.25) is 0 Å². The minimum absolute atomic E-state index is 0.491. The van der Waals surface area contributed by atoms with Gasteiger partial charge in [0.1, 0.15) is 5.82 Å². The average Bonchev–Trinajstić information content (AvgIpc) is 2.78. The number of anilines is 2. The van der Waals surface area contributed by atoms with E-state index in [1.807, 2.05) is 7.05 Å². The van der Waals surface area contributed by atoms with E-state index < -0.39 is 0 Å². The van der Waals surface area contributed by atoms with Gasteiger partial charge in [-0.3, -0.25) is 4.68 Å². The molecule has 0 unspecified atom stereocenters. The van der Waals surface area contributed by atoms with Crippen LogP contribution < -0.4 is 10.6 Å². The van der Waals surface area contributed by atoms with Crippen molar-refractivity contribution in [2.75, 3.05) is 17.2 Å². The Hall–Kier alpha value is -2.63. The van der Waals surface area contributed by atoms with E-state index in [1.54, 1.807) is 10.9 Å². The van der Waals surface area contributed by atoms with Crippen LogP contribution in [-0.4, -0.2) is 26.3 Å². The lowest BCUT2D eigenvalue weighted by Gasteiger charge is -2.21. The van der Waals surface area contributed by atoms with E-state index in [0.29, 0.717) is 11.8 Å². The van der Waals surface area contributed by atoms with E-state index in [9.17, 15) is 0 Å². The monoisotopic (exact) mass is 294 g/mol. The number of nitrogens with two attached hydrogens (primary N) is 1. The fourth-order valence-electron chi connectivity index (χ4n) is 3.04. The van der Waals surface area contributed by atoms with Crippen LogP contribution in [0.3, 0.4) is 0 Å². The van der Waals surface area contributed by atoms with E-state index >= 15 is 0 Å². The molecule has 0 saturated carbocycles. The number of hydrogen-bond donors (Lipinski definition) is 1. The molecular weight excluding hydrogens is 276 g/mol. The molecule has 3 heterocycles. The highest BCUT2D eigenvalue weighted by atomic mass is 15.3. The predicted octanol–water partition coefficient (Wildman–Crippen LogP) is 1.90. The summed E-state index contributed by atoms with van der Waals surface area (Å²) in [6.45, 7) is 1.75. The molecule has 2 aromatic heterocycles. The van der Waals surface area contributed by atoms with Gasteiger partial charge in [0.25, 0.3) is 0 Å². The van der Waals surface area contributed by atoms with Gasteiger partial charge in [0, 0.05) is 20.1 Å². The van der Waals surface area contributed by atoms with E-state index in [0.717, 1.165) is 37.0 Å². The van der Waals surface area contributed by atoms with Gasteiger partial charge in [0.05, 0.1) is 11.6 Å². The Morgan fingerprint density at radius 2 is 1.95 bits per heavy atom. The van der Waals surface area contributed by atoms with E-state index in [2.05, 4.69) is 44.2 Å². The predicted molar refractivity (Wildman–Crippen MR) is 86.5 cm³/mol. The summed E-state index contributed by atoms with van der Waals surface area (Å²) in [4.78, 5) is 11.4. The lowest BCUT2D eigenvalue weighted by Crippen LogP contribution is -2.25. The molecule has 2 N–H and O–H groups in total. The van der Waals surface area contributed by atoms with Crippen LogP contribution in [0.4, 0.5) is 11.8 Å². The van der Waals surface area contributed by atoms with E-state index in [1.165, 1.54) is 11.1 Å². The van der Waals surface area contributed by atoms with Crippen molar-refractivity contribution in [3.63, 3.8) is 0 Å². The summed E-state index contributed by atoms with van der Waals surface area (Å²) in [5.74, 6) is 1.18. The molecule has 112 valence electrons. The zero-order valence-electron chi connectivity index (χ0n) is 12.5. The zero-order valence-corrected chi connectivity index (χ0v) is 12.5. The maximum absolute atomic E-state index is 6.08. The molecule has 0 amide bonds. The Bertz CT molecular complexity index is 838. The molecule has 0 aliphatic carbocycles. The van der Waals surface area contributed by atoms with Crippen LogP contribution in [0, 0.1) is 0 Å². The third-order valence-electron chi connectivity index (χ3n) is 4.25. The van der Waals surface area contributed by atoms with Gasteiger partial charge in [-0.2, -0.15) is 15.1 Å². The van der Waals surface area contributed by atoms with Crippen LogP contribution in [-0.2, 0) is 20.0 Å². The van der Waals surface area contributed by atoms with Gasteiger partial charge in [-0.15, -0.1) is 0 Å². The number of nitrogens with zero attached hydrogens (tertiary/aromatic N) is 5. The number of nitrogen functional groups attached to an aromatic ring is 1. The molecule has 6 nitrogen and oxygen atoms in total. The summed E-state index contributed by atoms with van der Waals surface area (Å²) in [6, 6.07) is 8.57. The van der Waals surface area contributed by atoms with Gasteiger partial charge in [0.15, 0.2) is 5.65 Å². The Morgan fingerprint density at radius 1 is 1.14 bits per heavy atom. The van der Waals surface area contributed by atoms with E-state index in [4.69, 9.17) is 5.73 Å². The van der Waals surface area contributed by atoms with Crippen LogP contribution in [0.1, 0.15) is 17.5 Å². The number of rotatable bonds is 1. The Kier molecular flexibility index (Phi) is 2.96. The summed E-state index contributed by atoms with van der Waals surface area (Å²) < 4.78 is 1.74. The second-order valence-corrected chi connectivity index (χ2v) is 5.71. The normalized spacial score (nSPS) is 14.9. The number of aromatic nitrogens is 4. The first-order valence-electron chi connectivity index (χ1n) is 7.49. The molecule has 6 heteroatoms. The first kappa shape index (κ1) is 13.1. The van der Waals surface area contributed by atoms with Gasteiger partial charge in [-0.1, -0.05) is 24.3 Å². The molecule has 0 radical (unpaired) electrons. The van der Waals surface area contributed by atoms with E-state index in [-0.39, 0.29) is 0 Å². The molecule has 3 aromatic rings. The van der Waals surface area contributed by atoms with Crippen LogP contribution in [0.5, 0.6) is 0 Å². The largest absolute Gasteiger partial charge is 0.383 e. The third kappa shape index (κ3) is 2.07. The number of hydrogen-bond acceptors (Lipinski definition) is 5. The molecule has 0 atom stereocenters. The quantitative estimate of drug-likeness (QED) is 0.742. The molecule has 1 aliphatic rings. The minimum Gasteiger partial charge on any atom is -0.383 e. The van der Waals surface area contributed by atoms with Crippen molar-refractivity contribution in [3.8, 4) is 0 Å². The van der Waals surface area contributed by atoms with Crippen molar-refractivity contribution >= 4 is 22.8 Å². The Labute approximate surface area is 128 Å². The summed E-state index contributed by atoms with van der Waals surface area (Å²) in [7, 11) is 1.87. The molecule has 0 bridgehead atoms. The molecule has 0 saturated heterocycles. The van der Waals surface area contributed by atoms with Gasteiger partial charge >= 0.3 is 0 Å². The van der Waals surface area contributed by atoms with Crippen LogP contribution in [0.15, 0.2) is 30.5 Å². The fourth-order valence-corrected chi connectivity index (χ4v) is 3.04. The maximum Gasteiger partial charge on any atom is 0.229 e. The Balaban J connectivity index is 1.77. The minimum atomic E-state index is 0.491. The maximum atomic E-state index is 6.08. The van der Waals surface area contributed by atoms with Crippen molar-refractivity contribution < 1.29 is 0 Å². The highest BCUT2D eigenvalue weighted by Crippen LogP contribution is 2.25. The first-order chi connectivity index (χ1) is 10.7. The molecule has 4 rings (SSSR count). The smallest absolute Gasteiger partial charge is 0.229 e. The zero-order chi connectivity index (χ0) is 15.1. The summed E-state index contributed by atoms with van der Waals surface area (Å²) in [5, 5.41) is 5.02. The highest BCUT2D eigenvalue weighted by Gasteiger charge is 2.18. The number of aryl methyl sites for hydroxylation is 2. The number of fused-ring (bicyclic) bond motifs is 2. The second-order valence-electron chi connectivity index (χ2n) is 5.71. The van der Waals surface area contributed by atoms with Gasteiger partial charge in [-0.05, 0) is 24.0 Å². The van der Waals surface area contributed by atoms with Crippen LogP contribution >= 0.6 is 0 Å².